The van der Waals surface area contributed by atoms with E-state index in [-0.39, 0.29) is 29.7 Å². The highest BCUT2D eigenvalue weighted by atomic mass is 35.5. The van der Waals surface area contributed by atoms with Gasteiger partial charge in [0.2, 0.25) is 5.91 Å². The maximum Gasteiger partial charge on any atom is 0.417 e. The van der Waals surface area contributed by atoms with Gasteiger partial charge in [-0.05, 0) is 73.7 Å². The maximum atomic E-state index is 13.2. The van der Waals surface area contributed by atoms with E-state index in [4.69, 9.17) is 21.1 Å². The fourth-order valence-electron chi connectivity index (χ4n) is 5.43. The van der Waals surface area contributed by atoms with Crippen molar-refractivity contribution in [1.29, 1.82) is 0 Å². The van der Waals surface area contributed by atoms with Gasteiger partial charge in [-0.2, -0.15) is 13.2 Å². The first-order valence-corrected chi connectivity index (χ1v) is 14.7. The summed E-state index contributed by atoms with van der Waals surface area (Å²) in [4.78, 5) is 16.9. The molecule has 1 amide bonds. The molecule has 1 aliphatic carbocycles. The van der Waals surface area contributed by atoms with E-state index in [0.717, 1.165) is 61.8 Å². The lowest BCUT2D eigenvalue weighted by atomic mass is 9.92. The number of hydrogen-bond donors (Lipinski definition) is 1. The molecule has 3 aromatic rings. The van der Waals surface area contributed by atoms with E-state index >= 15 is 0 Å². The Morgan fingerprint density at radius 3 is 2.26 bits per heavy atom. The summed E-state index contributed by atoms with van der Waals surface area (Å²) in [6.45, 7) is 3.32. The van der Waals surface area contributed by atoms with E-state index in [1.54, 1.807) is 6.07 Å². The third kappa shape index (κ3) is 8.10. The van der Waals surface area contributed by atoms with Gasteiger partial charge in [-0.1, -0.05) is 41.9 Å². The Morgan fingerprint density at radius 1 is 0.905 bits per heavy atom. The van der Waals surface area contributed by atoms with E-state index in [1.165, 1.54) is 6.07 Å². The monoisotopic (exact) mass is 601 g/mol. The number of piperazine rings is 1. The first-order valence-electron chi connectivity index (χ1n) is 14.3. The largest absolute Gasteiger partial charge is 0.489 e. The van der Waals surface area contributed by atoms with Gasteiger partial charge in [-0.3, -0.25) is 4.79 Å². The Balaban J connectivity index is 0.998. The zero-order chi connectivity index (χ0) is 29.5. The van der Waals surface area contributed by atoms with Crippen LogP contribution in [0.1, 0.15) is 36.8 Å². The fourth-order valence-corrected chi connectivity index (χ4v) is 5.66. The number of carbonyl (C=O) groups is 1. The van der Waals surface area contributed by atoms with E-state index in [1.807, 2.05) is 59.5 Å². The molecule has 1 saturated carbocycles. The third-order valence-corrected chi connectivity index (χ3v) is 8.17. The molecule has 42 heavy (non-hydrogen) atoms. The minimum absolute atomic E-state index is 0.0135. The number of ether oxygens (including phenoxy) is 2. The van der Waals surface area contributed by atoms with Gasteiger partial charge in [0.1, 0.15) is 19.0 Å². The number of alkyl halides is 3. The van der Waals surface area contributed by atoms with Gasteiger partial charge in [-0.15, -0.1) is 0 Å². The van der Waals surface area contributed by atoms with Crippen LogP contribution in [0.15, 0.2) is 72.8 Å². The highest BCUT2D eigenvalue weighted by molar-refractivity contribution is 6.31. The minimum Gasteiger partial charge on any atom is -0.489 e. The van der Waals surface area contributed by atoms with Gasteiger partial charge >= 0.3 is 6.18 Å². The van der Waals surface area contributed by atoms with Crippen molar-refractivity contribution in [1.82, 2.24) is 4.90 Å². The van der Waals surface area contributed by atoms with Gasteiger partial charge in [0.25, 0.3) is 0 Å². The first-order chi connectivity index (χ1) is 20.2. The molecular formula is C32H35ClF3N3O3. The fraction of sp³-hybridized carbons (Fsp3) is 0.406. The summed E-state index contributed by atoms with van der Waals surface area (Å²) in [5.74, 6) is 0.805. The van der Waals surface area contributed by atoms with Crippen molar-refractivity contribution in [2.24, 2.45) is 0 Å². The normalized spacial score (nSPS) is 19.4. The Morgan fingerprint density at radius 2 is 1.60 bits per heavy atom. The van der Waals surface area contributed by atoms with E-state index < -0.39 is 11.7 Å². The third-order valence-electron chi connectivity index (χ3n) is 7.84. The lowest BCUT2D eigenvalue weighted by molar-refractivity contribution is -0.139. The van der Waals surface area contributed by atoms with Crippen molar-refractivity contribution < 1.29 is 27.4 Å². The Bertz CT molecular complexity index is 1310. The Hall–Kier alpha value is -3.43. The molecule has 1 N–H and O–H groups in total. The topological polar surface area (TPSA) is 54.0 Å². The van der Waals surface area contributed by atoms with Crippen LogP contribution in [0.2, 0.25) is 5.02 Å². The molecule has 1 saturated heterocycles. The molecule has 0 atom stereocenters. The zero-order valence-corrected chi connectivity index (χ0v) is 24.0. The average molecular weight is 602 g/mol. The zero-order valence-electron chi connectivity index (χ0n) is 23.3. The van der Waals surface area contributed by atoms with Gasteiger partial charge in [0.15, 0.2) is 0 Å². The van der Waals surface area contributed by atoms with Crippen molar-refractivity contribution in [3.63, 3.8) is 0 Å². The maximum absolute atomic E-state index is 13.2. The summed E-state index contributed by atoms with van der Waals surface area (Å²) in [6.07, 6.45) is -1.56. The molecule has 2 fully saturated rings. The van der Waals surface area contributed by atoms with Crippen LogP contribution in [-0.2, 0) is 22.3 Å². The quantitative estimate of drug-likeness (QED) is 0.285. The lowest BCUT2D eigenvalue weighted by Crippen LogP contribution is -2.50. The highest BCUT2D eigenvalue weighted by Crippen LogP contribution is 2.37. The summed E-state index contributed by atoms with van der Waals surface area (Å²) in [7, 11) is 0. The van der Waals surface area contributed by atoms with E-state index in [2.05, 4.69) is 10.2 Å². The summed E-state index contributed by atoms with van der Waals surface area (Å²) in [5.41, 5.74) is 1.78. The van der Waals surface area contributed by atoms with Crippen LogP contribution in [0.25, 0.3) is 0 Å². The molecule has 0 aromatic heterocycles. The molecule has 6 nitrogen and oxygen atoms in total. The summed E-state index contributed by atoms with van der Waals surface area (Å²) < 4.78 is 51.3. The summed E-state index contributed by atoms with van der Waals surface area (Å²) >= 11 is 5.72. The summed E-state index contributed by atoms with van der Waals surface area (Å²) in [5, 5.41) is 2.88. The minimum atomic E-state index is -4.50. The van der Waals surface area contributed by atoms with Gasteiger partial charge < -0.3 is 24.6 Å². The van der Waals surface area contributed by atoms with Crippen molar-refractivity contribution in [3.8, 4) is 5.75 Å². The number of rotatable bonds is 9. The second-order valence-corrected chi connectivity index (χ2v) is 11.2. The number of nitrogens with one attached hydrogen (secondary N) is 1. The Labute approximate surface area is 249 Å². The van der Waals surface area contributed by atoms with E-state index in [0.29, 0.717) is 25.4 Å². The number of halogens is 4. The molecule has 5 rings (SSSR count). The molecular weight excluding hydrogens is 567 g/mol. The number of nitrogens with zero attached hydrogens (tertiary/aromatic N) is 2. The van der Waals surface area contributed by atoms with Crippen LogP contribution in [0.5, 0.6) is 5.75 Å². The van der Waals surface area contributed by atoms with Crippen LogP contribution >= 0.6 is 11.6 Å². The second kappa shape index (κ2) is 13.7. The van der Waals surface area contributed by atoms with Crippen LogP contribution in [-0.4, -0.2) is 55.7 Å². The standard InChI is InChI=1S/C32H35ClF3N3O3/c33-30-15-8-25(20-29(30)32(34,35)36)37-24-6-11-27(12-7-24)42-22-31(40)39-18-16-38(17-19-39)26-9-13-28(14-10-26)41-21-23-4-2-1-3-5-23/h1-5,8-10,13-15,20,24,27,37H,6-7,11-12,16-19,21-22H2. The van der Waals surface area contributed by atoms with Crippen molar-refractivity contribution in [2.75, 3.05) is 43.0 Å². The molecule has 0 bridgehead atoms. The number of hydrogen-bond acceptors (Lipinski definition) is 5. The molecule has 2 aliphatic rings. The molecule has 224 valence electrons. The highest BCUT2D eigenvalue weighted by Gasteiger charge is 2.33. The number of anilines is 2. The smallest absolute Gasteiger partial charge is 0.417 e. The molecule has 0 spiro atoms. The van der Waals surface area contributed by atoms with Crippen LogP contribution in [0, 0.1) is 0 Å². The van der Waals surface area contributed by atoms with E-state index in [9.17, 15) is 18.0 Å². The van der Waals surface area contributed by atoms with Crippen LogP contribution in [0.3, 0.4) is 0 Å². The molecule has 3 aromatic carbocycles. The number of amides is 1. The average Bonchev–Trinajstić information content (AvgIpc) is 3.01. The molecule has 10 heteroatoms. The first kappa shape index (κ1) is 30.0. The Kier molecular flexibility index (Phi) is 9.80. The molecule has 1 heterocycles. The predicted octanol–water partition coefficient (Wildman–Crippen LogP) is 7.03. The van der Waals surface area contributed by atoms with Gasteiger partial charge in [0, 0.05) is 43.6 Å². The molecule has 0 unspecified atom stereocenters. The van der Waals surface area contributed by atoms with Crippen molar-refractivity contribution in [3.05, 3.63) is 88.9 Å². The SMILES string of the molecule is O=C(COC1CCC(Nc2ccc(Cl)c(C(F)(F)F)c2)CC1)N1CCN(c2ccc(OCc3ccccc3)cc2)CC1. The number of carbonyl (C=O) groups excluding carboxylic acids is 1. The van der Waals surface area contributed by atoms with Crippen molar-refractivity contribution >= 4 is 28.9 Å². The van der Waals surface area contributed by atoms with Gasteiger partial charge in [-0.25, -0.2) is 0 Å². The van der Waals surface area contributed by atoms with Crippen molar-refractivity contribution in [2.45, 2.75) is 50.6 Å². The van der Waals surface area contributed by atoms with Gasteiger partial charge in [0.05, 0.1) is 16.7 Å². The molecule has 0 radical (unpaired) electrons. The van der Waals surface area contributed by atoms with Crippen LogP contribution < -0.4 is 15.0 Å². The number of benzene rings is 3. The lowest BCUT2D eigenvalue weighted by Gasteiger charge is -2.36. The summed E-state index contributed by atoms with van der Waals surface area (Å²) in [6, 6.07) is 22.0. The molecule has 1 aliphatic heterocycles. The predicted molar refractivity (Wildman–Crippen MR) is 158 cm³/mol. The van der Waals surface area contributed by atoms with Crippen LogP contribution in [0.4, 0.5) is 24.5 Å². The second-order valence-electron chi connectivity index (χ2n) is 10.8.